The third-order valence-corrected chi connectivity index (χ3v) is 6.97. The topological polar surface area (TPSA) is 103 Å². The van der Waals surface area contributed by atoms with Gasteiger partial charge >= 0.3 is 0 Å². The number of likely N-dealkylation sites (N-methyl/N-ethyl adjacent to an activating group) is 1. The molecule has 9 nitrogen and oxygen atoms in total. The van der Waals surface area contributed by atoms with Crippen LogP contribution in [0.2, 0.25) is 0 Å². The highest BCUT2D eigenvalue weighted by molar-refractivity contribution is 8.15. The molecular formula is C29H28N2O7S. The van der Waals surface area contributed by atoms with E-state index in [2.05, 4.69) is 5.32 Å². The number of ether oxygens (including phenoxy) is 3. The largest absolute Gasteiger partial charge is 0.497 e. The van der Waals surface area contributed by atoms with Crippen LogP contribution in [0.25, 0.3) is 11.6 Å². The minimum absolute atomic E-state index is 0.264. The van der Waals surface area contributed by atoms with Crippen LogP contribution in [-0.4, -0.2) is 55.7 Å². The first-order valence-electron chi connectivity index (χ1n) is 11.9. The molecule has 0 aliphatic carbocycles. The molecule has 1 fully saturated rings. The van der Waals surface area contributed by atoms with Gasteiger partial charge in [-0.25, -0.2) is 5.06 Å². The van der Waals surface area contributed by atoms with E-state index in [1.54, 1.807) is 81.9 Å². The van der Waals surface area contributed by atoms with Crippen LogP contribution in [0.5, 0.6) is 23.0 Å². The van der Waals surface area contributed by atoms with E-state index in [1.807, 2.05) is 12.1 Å². The second kappa shape index (κ2) is 12.5. The molecule has 0 radical (unpaired) electrons. The number of methoxy groups -OCH3 is 2. The van der Waals surface area contributed by atoms with E-state index in [0.29, 0.717) is 40.6 Å². The van der Waals surface area contributed by atoms with Gasteiger partial charge in [0.25, 0.3) is 11.1 Å². The van der Waals surface area contributed by atoms with Crippen LogP contribution in [0.4, 0.5) is 4.79 Å². The lowest BCUT2D eigenvalue weighted by atomic mass is 10.0. The molecule has 3 aromatic carbocycles. The number of carbonyl (C=O) groups is 3. The Hall–Kier alpha value is -4.28. The van der Waals surface area contributed by atoms with Gasteiger partial charge < -0.3 is 14.2 Å². The van der Waals surface area contributed by atoms with E-state index < -0.39 is 5.25 Å². The maximum atomic E-state index is 13.2. The van der Waals surface area contributed by atoms with Crippen molar-refractivity contribution in [3.8, 4) is 23.0 Å². The van der Waals surface area contributed by atoms with Gasteiger partial charge in [-0.15, -0.1) is 0 Å². The van der Waals surface area contributed by atoms with Crippen LogP contribution in [0.3, 0.4) is 0 Å². The van der Waals surface area contributed by atoms with Gasteiger partial charge in [0.2, 0.25) is 5.91 Å². The van der Waals surface area contributed by atoms with E-state index >= 15 is 0 Å². The van der Waals surface area contributed by atoms with Gasteiger partial charge in [0.15, 0.2) is 0 Å². The van der Waals surface area contributed by atoms with Crippen LogP contribution >= 0.6 is 11.8 Å². The average molecular weight is 549 g/mol. The number of nitrogens with zero attached hydrogens (tertiary/aromatic N) is 1. The second-order valence-electron chi connectivity index (χ2n) is 8.55. The predicted octanol–water partition coefficient (Wildman–Crippen LogP) is 4.95. The van der Waals surface area contributed by atoms with Crippen molar-refractivity contribution < 1.29 is 33.4 Å². The summed E-state index contributed by atoms with van der Waals surface area (Å²) in [7, 11) is 6.09. The van der Waals surface area contributed by atoms with Crippen molar-refractivity contribution in [2.75, 3.05) is 28.4 Å². The number of rotatable bonds is 10. The molecule has 0 bridgehead atoms. The number of hydrogen-bond acceptors (Lipinski definition) is 8. The molecule has 1 N–H and O–H groups in total. The Morgan fingerprint density at radius 2 is 1.49 bits per heavy atom. The van der Waals surface area contributed by atoms with Crippen LogP contribution in [0.1, 0.15) is 16.7 Å². The number of imide groups is 1. The summed E-state index contributed by atoms with van der Waals surface area (Å²) in [5.74, 6) is 1.79. The molecule has 4 rings (SSSR count). The summed E-state index contributed by atoms with van der Waals surface area (Å²) in [6.07, 6.45) is 2.20. The van der Waals surface area contributed by atoms with E-state index in [4.69, 9.17) is 19.0 Å². The Labute approximate surface area is 230 Å². The molecule has 0 aromatic heterocycles. The number of thioether (sulfide) groups is 1. The van der Waals surface area contributed by atoms with Crippen molar-refractivity contribution in [3.63, 3.8) is 0 Å². The molecule has 10 heteroatoms. The summed E-state index contributed by atoms with van der Waals surface area (Å²) >= 11 is 1.01. The highest BCUT2D eigenvalue weighted by Crippen LogP contribution is 2.30. The molecule has 1 saturated heterocycles. The number of nitrogens with one attached hydrogen (secondary N) is 1. The van der Waals surface area contributed by atoms with Crippen LogP contribution in [0, 0.1) is 0 Å². The molecule has 0 saturated carbocycles. The molecule has 0 spiro atoms. The Bertz CT molecular complexity index is 1370. The third-order valence-electron chi connectivity index (χ3n) is 5.99. The summed E-state index contributed by atoms with van der Waals surface area (Å²) in [6.45, 7) is 0. The van der Waals surface area contributed by atoms with E-state index in [9.17, 15) is 14.4 Å². The quantitative estimate of drug-likeness (QED) is 0.216. The minimum atomic E-state index is -0.419. The highest BCUT2D eigenvalue weighted by Gasteiger charge is 2.31. The van der Waals surface area contributed by atoms with E-state index in [1.165, 1.54) is 7.11 Å². The molecule has 1 heterocycles. The van der Waals surface area contributed by atoms with Crippen LogP contribution in [-0.2, 0) is 20.8 Å². The van der Waals surface area contributed by atoms with Gasteiger partial charge in [-0.05, 0) is 65.6 Å². The third kappa shape index (κ3) is 6.98. The van der Waals surface area contributed by atoms with Gasteiger partial charge in [0.05, 0.1) is 26.6 Å². The van der Waals surface area contributed by atoms with E-state index in [0.717, 1.165) is 28.0 Å². The average Bonchev–Trinajstić information content (AvgIpc) is 3.27. The minimum Gasteiger partial charge on any atom is -0.497 e. The Kier molecular flexibility index (Phi) is 8.90. The van der Waals surface area contributed by atoms with Crippen molar-refractivity contribution in [2.45, 2.75) is 11.7 Å². The summed E-state index contributed by atoms with van der Waals surface area (Å²) < 4.78 is 16.7. The van der Waals surface area contributed by atoms with Gasteiger partial charge in [0.1, 0.15) is 23.0 Å². The van der Waals surface area contributed by atoms with Crippen molar-refractivity contribution in [1.29, 1.82) is 0 Å². The fourth-order valence-corrected chi connectivity index (χ4v) is 4.73. The van der Waals surface area contributed by atoms with Crippen LogP contribution in [0.15, 0.2) is 66.7 Å². The first-order chi connectivity index (χ1) is 18.8. The second-order valence-corrected chi connectivity index (χ2v) is 9.72. The molecule has 3 amide bonds. The molecule has 1 aliphatic rings. The lowest BCUT2D eigenvalue weighted by Gasteiger charge is -2.17. The molecule has 1 aliphatic heterocycles. The normalized spacial score (nSPS) is 15.1. The number of benzene rings is 3. The smallest absolute Gasteiger partial charge is 0.286 e. The number of hydroxylamine groups is 2. The molecule has 202 valence electrons. The summed E-state index contributed by atoms with van der Waals surface area (Å²) in [4.78, 5) is 41.5. The van der Waals surface area contributed by atoms with Crippen molar-refractivity contribution in [2.24, 2.45) is 0 Å². The first-order valence-corrected chi connectivity index (χ1v) is 12.8. The zero-order valence-corrected chi connectivity index (χ0v) is 22.7. The molecule has 39 heavy (non-hydrogen) atoms. The highest BCUT2D eigenvalue weighted by atomic mass is 32.2. The van der Waals surface area contributed by atoms with Gasteiger partial charge in [-0.3, -0.25) is 24.5 Å². The fraction of sp³-hybridized carbons (Fsp3) is 0.207. The molecular weight excluding hydrogens is 520 g/mol. The Morgan fingerprint density at radius 1 is 0.897 bits per heavy atom. The summed E-state index contributed by atoms with van der Waals surface area (Å²) in [5, 5.41) is 2.72. The monoisotopic (exact) mass is 548 g/mol. The SMILES string of the molecule is COc1cc(/C=C(/C(=O)N(C)OC)c2ccc(Oc3ccc(CC4SC(=O)NC4=O)cc3)cc2)cc(OC)c1. The molecule has 3 aromatic rings. The standard InChI is InChI=1S/C29H28N2O7S/c1-31(37-4)28(33)25(15-19-13-23(35-2)17-24(14-19)36-3)20-7-11-22(12-8-20)38-21-9-5-18(6-10-21)16-26-27(32)30-29(34)39-26/h5-15,17,26H,16H2,1-4H3,(H,30,32,34)/b25-15+. The van der Waals surface area contributed by atoms with Crippen molar-refractivity contribution in [1.82, 2.24) is 10.4 Å². The van der Waals surface area contributed by atoms with Crippen LogP contribution < -0.4 is 19.5 Å². The Balaban J connectivity index is 1.53. The number of amides is 3. The molecule has 1 atom stereocenters. The molecule has 1 unspecified atom stereocenters. The fourth-order valence-electron chi connectivity index (χ4n) is 3.87. The van der Waals surface area contributed by atoms with Gasteiger partial charge in [-0.2, -0.15) is 0 Å². The summed E-state index contributed by atoms with van der Waals surface area (Å²) in [5.41, 5.74) is 2.70. The Morgan fingerprint density at radius 3 is 2.00 bits per heavy atom. The summed E-state index contributed by atoms with van der Waals surface area (Å²) in [6, 6.07) is 19.8. The predicted molar refractivity (Wildman–Crippen MR) is 149 cm³/mol. The zero-order chi connectivity index (χ0) is 27.9. The van der Waals surface area contributed by atoms with Crippen molar-refractivity contribution >= 4 is 40.5 Å². The van der Waals surface area contributed by atoms with E-state index in [-0.39, 0.29) is 17.1 Å². The lowest BCUT2D eigenvalue weighted by molar-refractivity contribution is -0.161. The number of hydrogen-bond donors (Lipinski definition) is 1. The van der Waals surface area contributed by atoms with Crippen molar-refractivity contribution in [3.05, 3.63) is 83.4 Å². The lowest BCUT2D eigenvalue weighted by Crippen LogP contribution is -2.26. The number of carbonyl (C=O) groups excluding carboxylic acids is 3. The van der Waals surface area contributed by atoms with Gasteiger partial charge in [-0.1, -0.05) is 36.0 Å². The zero-order valence-electron chi connectivity index (χ0n) is 21.9. The van der Waals surface area contributed by atoms with Gasteiger partial charge in [0, 0.05) is 18.7 Å². The maximum Gasteiger partial charge on any atom is 0.286 e. The first kappa shape index (κ1) is 27.7. The maximum absolute atomic E-state index is 13.2.